The molecule has 1 saturated heterocycles. The molecule has 0 spiro atoms. The van der Waals surface area contributed by atoms with Crippen molar-refractivity contribution in [2.75, 3.05) is 33.3 Å². The van der Waals surface area contributed by atoms with E-state index in [4.69, 9.17) is 4.74 Å². The highest BCUT2D eigenvalue weighted by molar-refractivity contribution is 5.78. The Morgan fingerprint density at radius 3 is 2.67 bits per heavy atom. The Morgan fingerprint density at radius 2 is 2.05 bits per heavy atom. The number of carbonyl (C=O) groups excluding carboxylic acids is 1. The number of carbonyl (C=O) groups is 1. The number of hydrogen-bond donors (Lipinski definition) is 2. The first-order chi connectivity index (χ1) is 10.2. The van der Waals surface area contributed by atoms with Crippen molar-refractivity contribution in [1.82, 2.24) is 10.2 Å². The molecule has 5 nitrogen and oxygen atoms in total. The van der Waals surface area contributed by atoms with E-state index in [1.807, 2.05) is 30.3 Å². The van der Waals surface area contributed by atoms with Crippen LogP contribution < -0.4 is 10.1 Å². The molecule has 1 aliphatic heterocycles. The normalized spacial score (nSPS) is 18.2. The highest BCUT2D eigenvalue weighted by atomic mass is 16.5. The lowest BCUT2D eigenvalue weighted by molar-refractivity contribution is -0.126. The van der Waals surface area contributed by atoms with Crippen LogP contribution in [0.15, 0.2) is 30.3 Å². The number of aliphatic hydroxyl groups excluding tert-OH is 1. The fourth-order valence-electron chi connectivity index (χ4n) is 2.64. The molecule has 5 heteroatoms. The summed E-state index contributed by atoms with van der Waals surface area (Å²) in [5.41, 5.74) is 0. The van der Waals surface area contributed by atoms with Gasteiger partial charge in [0.05, 0.1) is 0 Å². The quantitative estimate of drug-likeness (QED) is 0.817. The Hall–Kier alpha value is -1.59. The Morgan fingerprint density at radius 1 is 1.38 bits per heavy atom. The number of para-hydroxylation sites is 1. The number of amides is 1. The standard InChI is InChI=1S/C16H24N2O3/c1-17-16(20)13-7-9-18(10-8-13)11-14(19)12-21-15-5-3-2-4-6-15/h2-6,13-14,19H,7-12H2,1H3,(H,17,20). The number of nitrogens with one attached hydrogen (secondary N) is 1. The third kappa shape index (κ3) is 5.02. The topological polar surface area (TPSA) is 61.8 Å². The lowest BCUT2D eigenvalue weighted by atomic mass is 9.96. The Kier molecular flexibility index (Phi) is 6.02. The van der Waals surface area contributed by atoms with E-state index in [-0.39, 0.29) is 11.8 Å². The predicted molar refractivity (Wildman–Crippen MR) is 81.2 cm³/mol. The molecule has 21 heavy (non-hydrogen) atoms. The second-order valence-electron chi connectivity index (χ2n) is 5.47. The minimum Gasteiger partial charge on any atom is -0.491 e. The van der Waals surface area contributed by atoms with Gasteiger partial charge in [0.1, 0.15) is 18.5 Å². The Bertz CT molecular complexity index is 430. The summed E-state index contributed by atoms with van der Waals surface area (Å²) in [6.07, 6.45) is 1.19. The van der Waals surface area contributed by atoms with E-state index < -0.39 is 6.10 Å². The number of likely N-dealkylation sites (tertiary alicyclic amines) is 1. The minimum absolute atomic E-state index is 0.115. The third-order valence-electron chi connectivity index (χ3n) is 3.86. The summed E-state index contributed by atoms with van der Waals surface area (Å²) < 4.78 is 5.55. The van der Waals surface area contributed by atoms with E-state index in [1.165, 1.54) is 0 Å². The van der Waals surface area contributed by atoms with Crippen LogP contribution in [0.25, 0.3) is 0 Å². The first-order valence-corrected chi connectivity index (χ1v) is 7.49. The van der Waals surface area contributed by atoms with Gasteiger partial charge in [0.15, 0.2) is 0 Å². The predicted octanol–water partition coefficient (Wildman–Crippen LogP) is 0.884. The zero-order valence-electron chi connectivity index (χ0n) is 12.5. The molecular weight excluding hydrogens is 268 g/mol. The van der Waals surface area contributed by atoms with Crippen LogP contribution in [0.2, 0.25) is 0 Å². The number of benzene rings is 1. The molecular formula is C16H24N2O3. The van der Waals surface area contributed by atoms with Crippen molar-refractivity contribution in [2.45, 2.75) is 18.9 Å². The van der Waals surface area contributed by atoms with E-state index in [0.717, 1.165) is 31.7 Å². The molecule has 0 saturated carbocycles. The second kappa shape index (κ2) is 8.00. The fourth-order valence-corrected chi connectivity index (χ4v) is 2.64. The van der Waals surface area contributed by atoms with Crippen molar-refractivity contribution >= 4 is 5.91 Å². The Balaban J connectivity index is 1.67. The third-order valence-corrected chi connectivity index (χ3v) is 3.86. The summed E-state index contributed by atoms with van der Waals surface area (Å²) in [5, 5.41) is 12.7. The molecule has 1 aromatic rings. The van der Waals surface area contributed by atoms with Gasteiger partial charge >= 0.3 is 0 Å². The van der Waals surface area contributed by atoms with E-state index in [1.54, 1.807) is 7.05 Å². The summed E-state index contributed by atoms with van der Waals surface area (Å²) in [7, 11) is 1.68. The van der Waals surface area contributed by atoms with Crippen molar-refractivity contribution < 1.29 is 14.6 Å². The van der Waals surface area contributed by atoms with Crippen molar-refractivity contribution in [3.8, 4) is 5.75 Å². The summed E-state index contributed by atoms with van der Waals surface area (Å²) in [4.78, 5) is 13.7. The lowest BCUT2D eigenvalue weighted by Crippen LogP contribution is -2.43. The summed E-state index contributed by atoms with van der Waals surface area (Å²) in [5.74, 6) is 1.02. The van der Waals surface area contributed by atoms with E-state index in [9.17, 15) is 9.90 Å². The smallest absolute Gasteiger partial charge is 0.222 e. The largest absolute Gasteiger partial charge is 0.491 e. The molecule has 1 amide bonds. The SMILES string of the molecule is CNC(=O)C1CCN(CC(O)COc2ccccc2)CC1. The minimum atomic E-state index is -0.512. The molecule has 1 fully saturated rings. The maximum atomic E-state index is 11.6. The number of nitrogens with zero attached hydrogens (tertiary/aromatic N) is 1. The van der Waals surface area contributed by atoms with Gasteiger partial charge in [-0.2, -0.15) is 0 Å². The number of β-amino-alcohol motifs (C(OH)–C–C–N with tert-alkyl or cyclic N) is 1. The summed E-state index contributed by atoms with van der Waals surface area (Å²) in [6, 6.07) is 9.50. The molecule has 116 valence electrons. The lowest BCUT2D eigenvalue weighted by Gasteiger charge is -2.32. The van der Waals surface area contributed by atoms with Gasteiger partial charge in [-0.1, -0.05) is 18.2 Å². The molecule has 0 aromatic heterocycles. The van der Waals surface area contributed by atoms with Crippen LogP contribution in [0.1, 0.15) is 12.8 Å². The van der Waals surface area contributed by atoms with Crippen LogP contribution in [-0.4, -0.2) is 55.3 Å². The first kappa shape index (κ1) is 15.8. The van der Waals surface area contributed by atoms with Crippen molar-refractivity contribution in [1.29, 1.82) is 0 Å². The van der Waals surface area contributed by atoms with Crippen LogP contribution in [0.5, 0.6) is 5.75 Å². The highest BCUT2D eigenvalue weighted by Gasteiger charge is 2.25. The molecule has 0 aliphatic carbocycles. The van der Waals surface area contributed by atoms with Crippen molar-refractivity contribution in [3.63, 3.8) is 0 Å². The van der Waals surface area contributed by atoms with Gasteiger partial charge in [0.25, 0.3) is 0 Å². The van der Waals surface area contributed by atoms with Gasteiger partial charge in [0.2, 0.25) is 5.91 Å². The maximum Gasteiger partial charge on any atom is 0.222 e. The Labute approximate surface area is 125 Å². The van der Waals surface area contributed by atoms with Crippen LogP contribution >= 0.6 is 0 Å². The molecule has 1 aromatic carbocycles. The summed E-state index contributed by atoms with van der Waals surface area (Å²) in [6.45, 7) is 2.58. The van der Waals surface area contributed by atoms with Gasteiger partial charge in [-0.15, -0.1) is 0 Å². The molecule has 2 rings (SSSR count). The van der Waals surface area contributed by atoms with Crippen molar-refractivity contribution in [2.24, 2.45) is 5.92 Å². The van der Waals surface area contributed by atoms with Gasteiger partial charge in [-0.25, -0.2) is 0 Å². The zero-order chi connectivity index (χ0) is 15.1. The second-order valence-corrected chi connectivity index (χ2v) is 5.47. The van der Waals surface area contributed by atoms with E-state index in [2.05, 4.69) is 10.2 Å². The monoisotopic (exact) mass is 292 g/mol. The molecule has 0 radical (unpaired) electrons. The number of ether oxygens (including phenoxy) is 1. The van der Waals surface area contributed by atoms with E-state index >= 15 is 0 Å². The van der Waals surface area contributed by atoms with E-state index in [0.29, 0.717) is 13.2 Å². The highest BCUT2D eigenvalue weighted by Crippen LogP contribution is 2.17. The van der Waals surface area contributed by atoms with Crippen LogP contribution in [-0.2, 0) is 4.79 Å². The van der Waals surface area contributed by atoms with Gasteiger partial charge in [-0.3, -0.25) is 4.79 Å². The van der Waals surface area contributed by atoms with Gasteiger partial charge < -0.3 is 20.1 Å². The zero-order valence-corrected chi connectivity index (χ0v) is 12.5. The first-order valence-electron chi connectivity index (χ1n) is 7.49. The number of hydrogen-bond acceptors (Lipinski definition) is 4. The number of aliphatic hydroxyl groups is 1. The molecule has 1 atom stereocenters. The van der Waals surface area contributed by atoms with Crippen molar-refractivity contribution in [3.05, 3.63) is 30.3 Å². The fraction of sp³-hybridized carbons (Fsp3) is 0.562. The molecule has 0 bridgehead atoms. The van der Waals surface area contributed by atoms with Gasteiger partial charge in [0, 0.05) is 19.5 Å². The van der Waals surface area contributed by atoms with Gasteiger partial charge in [-0.05, 0) is 38.1 Å². The molecule has 1 unspecified atom stereocenters. The van der Waals surface area contributed by atoms with Crippen LogP contribution in [0, 0.1) is 5.92 Å². The molecule has 1 heterocycles. The molecule has 1 aliphatic rings. The summed E-state index contributed by atoms with van der Waals surface area (Å²) >= 11 is 0. The average molecular weight is 292 g/mol. The number of rotatable bonds is 6. The average Bonchev–Trinajstić information content (AvgIpc) is 2.54. The molecule has 2 N–H and O–H groups in total. The van der Waals surface area contributed by atoms with Crippen LogP contribution in [0.3, 0.4) is 0 Å². The maximum absolute atomic E-state index is 11.6. The van der Waals surface area contributed by atoms with Crippen LogP contribution in [0.4, 0.5) is 0 Å². The number of piperidine rings is 1.